The molecule has 8 heteroatoms. The van der Waals surface area contributed by atoms with Gasteiger partial charge in [0.05, 0.1) is 0 Å². The largest absolute Gasteiger partial charge is 0.483 e. The van der Waals surface area contributed by atoms with Gasteiger partial charge >= 0.3 is 0 Å². The number of fused-ring (bicyclic) bond motifs is 1. The second-order valence-electron chi connectivity index (χ2n) is 8.11. The van der Waals surface area contributed by atoms with Crippen molar-refractivity contribution in [3.8, 4) is 5.75 Å². The lowest BCUT2D eigenvalue weighted by Gasteiger charge is -2.12. The summed E-state index contributed by atoms with van der Waals surface area (Å²) >= 11 is 11.2. The van der Waals surface area contributed by atoms with Gasteiger partial charge < -0.3 is 14.5 Å². The minimum atomic E-state index is -0.357. The van der Waals surface area contributed by atoms with E-state index in [-0.39, 0.29) is 17.6 Å². The number of nitrogens with zero attached hydrogens (tertiary/aromatic N) is 1. The van der Waals surface area contributed by atoms with Crippen LogP contribution in [0, 0.1) is 20.8 Å². The van der Waals surface area contributed by atoms with Gasteiger partial charge in [-0.15, -0.1) is 0 Å². The van der Waals surface area contributed by atoms with Gasteiger partial charge in [-0.05, 0) is 91.6 Å². The highest BCUT2D eigenvalue weighted by atomic mass is 35.5. The first-order chi connectivity index (χ1) is 16.3. The van der Waals surface area contributed by atoms with Gasteiger partial charge in [0.15, 0.2) is 23.2 Å². The number of carbonyl (C=O) groups is 1. The van der Waals surface area contributed by atoms with Crippen LogP contribution in [0.3, 0.4) is 0 Å². The van der Waals surface area contributed by atoms with E-state index in [9.17, 15) is 4.79 Å². The van der Waals surface area contributed by atoms with Gasteiger partial charge in [-0.25, -0.2) is 4.98 Å². The van der Waals surface area contributed by atoms with Gasteiger partial charge in [0.2, 0.25) is 0 Å². The average molecular weight is 494 g/mol. The summed E-state index contributed by atoms with van der Waals surface area (Å²) in [5.74, 6) is 0.909. The normalized spacial score (nSPS) is 10.8. The fourth-order valence-electron chi connectivity index (χ4n) is 3.62. The van der Waals surface area contributed by atoms with Crippen molar-refractivity contribution in [3.63, 3.8) is 0 Å². The van der Waals surface area contributed by atoms with Crippen molar-refractivity contribution in [1.29, 1.82) is 0 Å². The molecule has 0 unspecified atom stereocenters. The van der Waals surface area contributed by atoms with Crippen molar-refractivity contribution >= 4 is 51.6 Å². The molecule has 0 fully saturated rings. The molecule has 4 rings (SSSR count). The molecule has 6 nitrogen and oxygen atoms in total. The van der Waals surface area contributed by atoms with Crippen LogP contribution in [-0.2, 0) is 11.2 Å². The number of halogens is 1. The fraction of sp³-hybridized carbons (Fsp3) is 0.192. The van der Waals surface area contributed by atoms with Crippen molar-refractivity contribution in [2.45, 2.75) is 27.2 Å². The lowest BCUT2D eigenvalue weighted by Crippen LogP contribution is -2.37. The van der Waals surface area contributed by atoms with Crippen LogP contribution >= 0.6 is 23.8 Å². The topological polar surface area (TPSA) is 76.4 Å². The minimum Gasteiger partial charge on any atom is -0.483 e. The zero-order chi connectivity index (χ0) is 24.2. The summed E-state index contributed by atoms with van der Waals surface area (Å²) in [6.45, 7) is 5.78. The summed E-state index contributed by atoms with van der Waals surface area (Å²) < 4.78 is 11.5. The first-order valence-corrected chi connectivity index (χ1v) is 11.5. The van der Waals surface area contributed by atoms with Crippen molar-refractivity contribution in [2.75, 3.05) is 11.9 Å². The molecule has 2 N–H and O–H groups in total. The predicted molar refractivity (Wildman–Crippen MR) is 139 cm³/mol. The zero-order valence-corrected chi connectivity index (χ0v) is 20.6. The number of thiocarbonyl (C=S) groups is 1. The highest BCUT2D eigenvalue weighted by Gasteiger charge is 2.11. The van der Waals surface area contributed by atoms with Crippen LogP contribution in [0.2, 0.25) is 5.02 Å². The van der Waals surface area contributed by atoms with Gasteiger partial charge in [-0.1, -0.05) is 29.8 Å². The molecule has 0 saturated heterocycles. The second-order valence-corrected chi connectivity index (χ2v) is 8.96. The van der Waals surface area contributed by atoms with Crippen molar-refractivity contribution in [1.82, 2.24) is 10.3 Å². The van der Waals surface area contributed by atoms with Gasteiger partial charge in [-0.3, -0.25) is 10.1 Å². The summed E-state index contributed by atoms with van der Waals surface area (Å²) in [4.78, 5) is 16.8. The third-order valence-electron chi connectivity index (χ3n) is 5.18. The van der Waals surface area contributed by atoms with Crippen molar-refractivity contribution in [3.05, 3.63) is 87.8 Å². The van der Waals surface area contributed by atoms with Crippen molar-refractivity contribution < 1.29 is 13.9 Å². The Hall–Kier alpha value is -3.42. The minimum absolute atomic E-state index is 0.160. The number of aryl methyl sites for hydroxylation is 3. The predicted octanol–water partition coefficient (Wildman–Crippen LogP) is 5.89. The summed E-state index contributed by atoms with van der Waals surface area (Å²) in [6, 6.07) is 17.0. The zero-order valence-electron chi connectivity index (χ0n) is 19.1. The number of carbonyl (C=O) groups excluding carboxylic acids is 1. The van der Waals surface area contributed by atoms with E-state index in [1.54, 1.807) is 18.2 Å². The maximum atomic E-state index is 12.2. The molecule has 1 aromatic heterocycles. The van der Waals surface area contributed by atoms with Gasteiger partial charge in [0.25, 0.3) is 5.91 Å². The smallest absolute Gasteiger partial charge is 0.264 e. The van der Waals surface area contributed by atoms with E-state index in [1.807, 2.05) is 51.1 Å². The standard InChI is InChI=1S/C26H24ClN3O3S/c1-15-10-17(3)25-21(11-15)29-24(33-25)13-18-4-7-20(8-5-18)28-26(34)30-23(31)14-32-22-9-6-19(27)12-16(22)2/h4-12H,13-14H2,1-3H3,(H2,28,30,31,34). The highest BCUT2D eigenvalue weighted by molar-refractivity contribution is 7.80. The second kappa shape index (κ2) is 10.2. The number of oxazole rings is 1. The van der Waals surface area contributed by atoms with Crippen LogP contribution in [0.5, 0.6) is 5.75 Å². The molecule has 0 aliphatic rings. The van der Waals surface area contributed by atoms with Crippen LogP contribution in [-0.4, -0.2) is 22.6 Å². The van der Waals surface area contributed by atoms with Crippen LogP contribution < -0.4 is 15.4 Å². The van der Waals surface area contributed by atoms with E-state index < -0.39 is 0 Å². The van der Waals surface area contributed by atoms with E-state index in [1.165, 1.54) is 0 Å². The third-order valence-corrected chi connectivity index (χ3v) is 5.62. The number of anilines is 1. The van der Waals surface area contributed by atoms with E-state index >= 15 is 0 Å². The summed E-state index contributed by atoms with van der Waals surface area (Å²) in [7, 11) is 0. The maximum Gasteiger partial charge on any atom is 0.264 e. The molecule has 0 aliphatic carbocycles. The molecular formula is C26H24ClN3O3S. The Bertz CT molecular complexity index is 1370. The Morgan fingerprint density at radius 3 is 2.56 bits per heavy atom. The Morgan fingerprint density at radius 1 is 1.06 bits per heavy atom. The summed E-state index contributed by atoms with van der Waals surface area (Å²) in [6.07, 6.45) is 0.579. The SMILES string of the molecule is Cc1cc(C)c2oc(Cc3ccc(NC(=S)NC(=O)COc4ccc(Cl)cc4C)cc3)nc2c1. The Morgan fingerprint density at radius 2 is 1.82 bits per heavy atom. The Labute approximate surface area is 208 Å². The monoisotopic (exact) mass is 493 g/mol. The third kappa shape index (κ3) is 5.92. The van der Waals surface area contributed by atoms with E-state index in [0.29, 0.717) is 23.1 Å². The van der Waals surface area contributed by atoms with Gasteiger partial charge in [0.1, 0.15) is 11.3 Å². The van der Waals surface area contributed by atoms with Crippen molar-refractivity contribution in [2.24, 2.45) is 0 Å². The molecule has 0 bridgehead atoms. The van der Waals surface area contributed by atoms with Crippen LogP contribution in [0.4, 0.5) is 5.69 Å². The average Bonchev–Trinajstić information content (AvgIpc) is 3.17. The molecule has 1 heterocycles. The van der Waals surface area contributed by atoms with Crippen LogP contribution in [0.1, 0.15) is 28.1 Å². The molecule has 3 aromatic carbocycles. The molecule has 174 valence electrons. The number of aromatic nitrogens is 1. The van der Waals surface area contributed by atoms with E-state index in [4.69, 9.17) is 33.0 Å². The van der Waals surface area contributed by atoms with Gasteiger partial charge in [0, 0.05) is 17.1 Å². The van der Waals surface area contributed by atoms with Gasteiger partial charge in [-0.2, -0.15) is 0 Å². The molecule has 34 heavy (non-hydrogen) atoms. The lowest BCUT2D eigenvalue weighted by molar-refractivity contribution is -0.121. The van der Waals surface area contributed by atoms with E-state index in [0.717, 1.165) is 39.0 Å². The number of amides is 1. The maximum absolute atomic E-state index is 12.2. The molecule has 0 atom stereocenters. The first-order valence-electron chi connectivity index (χ1n) is 10.7. The number of hydrogen-bond acceptors (Lipinski definition) is 5. The molecule has 0 aliphatic heterocycles. The molecule has 0 saturated carbocycles. The number of hydrogen-bond donors (Lipinski definition) is 2. The lowest BCUT2D eigenvalue weighted by atomic mass is 10.1. The fourth-order valence-corrected chi connectivity index (χ4v) is 4.08. The highest BCUT2D eigenvalue weighted by Crippen LogP contribution is 2.24. The number of ether oxygens (including phenoxy) is 1. The van der Waals surface area contributed by atoms with Crippen LogP contribution in [0.15, 0.2) is 59.0 Å². The molecule has 0 spiro atoms. The van der Waals surface area contributed by atoms with E-state index in [2.05, 4.69) is 21.7 Å². The molecular weight excluding hydrogens is 470 g/mol. The Kier molecular flexibility index (Phi) is 7.14. The summed E-state index contributed by atoms with van der Waals surface area (Å²) in [5, 5.41) is 6.43. The number of rotatable bonds is 6. The van der Waals surface area contributed by atoms with Crippen LogP contribution in [0.25, 0.3) is 11.1 Å². The number of benzene rings is 3. The molecule has 0 radical (unpaired) electrons. The quantitative estimate of drug-likeness (QED) is 0.326. The Balaban J connectivity index is 1.29. The number of nitrogens with one attached hydrogen (secondary N) is 2. The summed E-state index contributed by atoms with van der Waals surface area (Å²) in [5.41, 5.74) is 6.61. The molecule has 4 aromatic rings. The molecule has 1 amide bonds. The first kappa shape index (κ1) is 23.7.